The van der Waals surface area contributed by atoms with Crippen LogP contribution in [0.3, 0.4) is 0 Å². The first kappa shape index (κ1) is 8.77. The summed E-state index contributed by atoms with van der Waals surface area (Å²) in [5, 5.41) is 0. The molecule has 0 unspecified atom stereocenters. The van der Waals surface area contributed by atoms with Crippen molar-refractivity contribution in [2.45, 2.75) is 12.8 Å². The van der Waals surface area contributed by atoms with Crippen LogP contribution < -0.4 is 4.90 Å². The summed E-state index contributed by atoms with van der Waals surface area (Å²) in [5.41, 5.74) is 3.64. The third-order valence-corrected chi connectivity index (χ3v) is 3.18. The molecule has 1 fully saturated rings. The lowest BCUT2D eigenvalue weighted by Crippen LogP contribution is -2.17. The summed E-state index contributed by atoms with van der Waals surface area (Å²) in [6.07, 6.45) is 4.52. The van der Waals surface area contributed by atoms with Crippen LogP contribution in [0.2, 0.25) is 0 Å². The fraction of sp³-hybridized carbons (Fsp3) is 0.417. The Morgan fingerprint density at radius 3 is 2.80 bits per heavy atom. The monoisotopic (exact) mass is 201 g/mol. The Kier molecular flexibility index (Phi) is 1.91. The molecule has 0 saturated carbocycles. The van der Waals surface area contributed by atoms with Gasteiger partial charge in [0.05, 0.1) is 17.4 Å². The van der Waals surface area contributed by atoms with Gasteiger partial charge in [0.1, 0.15) is 0 Å². The number of rotatable bonds is 1. The Morgan fingerprint density at radius 2 is 2.00 bits per heavy atom. The minimum atomic E-state index is 1.08. The second-order valence-electron chi connectivity index (χ2n) is 4.22. The number of anilines is 1. The maximum absolute atomic E-state index is 4.33. The molecule has 0 radical (unpaired) electrons. The minimum absolute atomic E-state index is 1.08. The molecule has 1 aromatic carbocycles. The van der Waals surface area contributed by atoms with Gasteiger partial charge in [0.2, 0.25) is 0 Å². The molecule has 15 heavy (non-hydrogen) atoms. The van der Waals surface area contributed by atoms with Crippen molar-refractivity contribution in [1.29, 1.82) is 0 Å². The first-order valence-electron chi connectivity index (χ1n) is 5.50. The highest BCUT2D eigenvalue weighted by Crippen LogP contribution is 2.24. The van der Waals surface area contributed by atoms with Crippen molar-refractivity contribution in [2.24, 2.45) is 7.05 Å². The molecule has 2 aromatic rings. The average molecular weight is 201 g/mol. The Morgan fingerprint density at radius 1 is 1.20 bits per heavy atom. The minimum Gasteiger partial charge on any atom is -0.371 e. The second-order valence-corrected chi connectivity index (χ2v) is 4.22. The molecule has 2 heterocycles. The molecular formula is C12H15N3. The lowest BCUT2D eigenvalue weighted by molar-refractivity contribution is 0.942. The van der Waals surface area contributed by atoms with Gasteiger partial charge in [0.15, 0.2) is 0 Å². The topological polar surface area (TPSA) is 21.1 Å². The summed E-state index contributed by atoms with van der Waals surface area (Å²) >= 11 is 0. The van der Waals surface area contributed by atoms with E-state index in [2.05, 4.69) is 32.7 Å². The predicted octanol–water partition coefficient (Wildman–Crippen LogP) is 2.17. The van der Waals surface area contributed by atoms with E-state index >= 15 is 0 Å². The molecule has 3 heteroatoms. The summed E-state index contributed by atoms with van der Waals surface area (Å²) in [5.74, 6) is 0. The van der Waals surface area contributed by atoms with Crippen LogP contribution in [0.5, 0.6) is 0 Å². The van der Waals surface area contributed by atoms with Crippen molar-refractivity contribution >= 4 is 16.7 Å². The summed E-state index contributed by atoms with van der Waals surface area (Å²) in [7, 11) is 2.04. The van der Waals surface area contributed by atoms with E-state index in [1.807, 2.05) is 13.4 Å². The zero-order valence-electron chi connectivity index (χ0n) is 8.98. The SMILES string of the molecule is Cn1cnc2ccc(N3CCCC3)cc21. The Bertz CT molecular complexity index is 481. The van der Waals surface area contributed by atoms with Gasteiger partial charge in [0.25, 0.3) is 0 Å². The van der Waals surface area contributed by atoms with Gasteiger partial charge in [-0.05, 0) is 31.0 Å². The number of aryl methyl sites for hydroxylation is 1. The van der Waals surface area contributed by atoms with Gasteiger partial charge in [-0.15, -0.1) is 0 Å². The van der Waals surface area contributed by atoms with Gasteiger partial charge in [0, 0.05) is 25.8 Å². The Balaban J connectivity index is 2.08. The van der Waals surface area contributed by atoms with Crippen molar-refractivity contribution in [2.75, 3.05) is 18.0 Å². The number of aromatic nitrogens is 2. The molecule has 0 amide bonds. The summed E-state index contributed by atoms with van der Waals surface area (Å²) in [6.45, 7) is 2.40. The first-order valence-corrected chi connectivity index (χ1v) is 5.50. The molecule has 1 aliphatic rings. The van der Waals surface area contributed by atoms with Crippen LogP contribution in [0.1, 0.15) is 12.8 Å². The van der Waals surface area contributed by atoms with Crippen molar-refractivity contribution in [3.63, 3.8) is 0 Å². The number of nitrogens with zero attached hydrogens (tertiary/aromatic N) is 3. The number of hydrogen-bond acceptors (Lipinski definition) is 2. The zero-order valence-corrected chi connectivity index (χ0v) is 8.98. The van der Waals surface area contributed by atoms with E-state index in [4.69, 9.17) is 0 Å². The molecule has 0 spiro atoms. The highest BCUT2D eigenvalue weighted by Gasteiger charge is 2.13. The van der Waals surface area contributed by atoms with Crippen molar-refractivity contribution in [3.05, 3.63) is 24.5 Å². The molecule has 1 aromatic heterocycles. The van der Waals surface area contributed by atoms with Gasteiger partial charge in [-0.3, -0.25) is 0 Å². The highest BCUT2D eigenvalue weighted by molar-refractivity contribution is 5.79. The maximum Gasteiger partial charge on any atom is 0.0955 e. The standard InChI is InChI=1S/C12H15N3/c1-14-9-13-11-5-4-10(8-12(11)14)15-6-2-3-7-15/h4-5,8-9H,2-3,6-7H2,1H3. The number of imidazole rings is 1. The third-order valence-electron chi connectivity index (χ3n) is 3.18. The summed E-state index contributed by atoms with van der Waals surface area (Å²) in [4.78, 5) is 6.78. The molecule has 0 aliphatic carbocycles. The van der Waals surface area contributed by atoms with Crippen LogP contribution in [-0.2, 0) is 7.05 Å². The molecule has 3 rings (SSSR count). The molecule has 0 N–H and O–H groups in total. The van der Waals surface area contributed by atoms with Gasteiger partial charge in [-0.1, -0.05) is 0 Å². The van der Waals surface area contributed by atoms with Crippen LogP contribution in [0.4, 0.5) is 5.69 Å². The Hall–Kier alpha value is -1.51. The van der Waals surface area contributed by atoms with Crippen LogP contribution in [0.25, 0.3) is 11.0 Å². The molecule has 1 aliphatic heterocycles. The van der Waals surface area contributed by atoms with E-state index in [-0.39, 0.29) is 0 Å². The first-order chi connectivity index (χ1) is 7.34. The highest BCUT2D eigenvalue weighted by atomic mass is 15.1. The molecule has 0 bridgehead atoms. The van der Waals surface area contributed by atoms with Crippen molar-refractivity contribution in [1.82, 2.24) is 9.55 Å². The van der Waals surface area contributed by atoms with Gasteiger partial charge in [-0.2, -0.15) is 0 Å². The van der Waals surface area contributed by atoms with E-state index in [1.54, 1.807) is 0 Å². The molecule has 3 nitrogen and oxygen atoms in total. The van der Waals surface area contributed by atoms with E-state index in [9.17, 15) is 0 Å². The van der Waals surface area contributed by atoms with E-state index < -0.39 is 0 Å². The van der Waals surface area contributed by atoms with Gasteiger partial charge >= 0.3 is 0 Å². The van der Waals surface area contributed by atoms with Crippen LogP contribution >= 0.6 is 0 Å². The van der Waals surface area contributed by atoms with Crippen LogP contribution in [0.15, 0.2) is 24.5 Å². The number of benzene rings is 1. The van der Waals surface area contributed by atoms with Gasteiger partial charge in [-0.25, -0.2) is 4.98 Å². The quantitative estimate of drug-likeness (QED) is 0.705. The van der Waals surface area contributed by atoms with E-state index in [1.165, 1.54) is 37.1 Å². The fourth-order valence-corrected chi connectivity index (χ4v) is 2.29. The van der Waals surface area contributed by atoms with E-state index in [0.29, 0.717) is 0 Å². The number of hydrogen-bond donors (Lipinski definition) is 0. The number of fused-ring (bicyclic) bond motifs is 1. The van der Waals surface area contributed by atoms with Crippen LogP contribution in [-0.4, -0.2) is 22.6 Å². The zero-order chi connectivity index (χ0) is 10.3. The normalized spacial score (nSPS) is 16.5. The molecule has 0 atom stereocenters. The largest absolute Gasteiger partial charge is 0.371 e. The maximum atomic E-state index is 4.33. The Labute approximate surface area is 89.3 Å². The fourth-order valence-electron chi connectivity index (χ4n) is 2.29. The smallest absolute Gasteiger partial charge is 0.0955 e. The van der Waals surface area contributed by atoms with Gasteiger partial charge < -0.3 is 9.47 Å². The summed E-state index contributed by atoms with van der Waals surface area (Å²) in [6, 6.07) is 6.54. The van der Waals surface area contributed by atoms with Crippen molar-refractivity contribution in [3.8, 4) is 0 Å². The second kappa shape index (κ2) is 3.26. The predicted molar refractivity (Wildman–Crippen MR) is 62.2 cm³/mol. The van der Waals surface area contributed by atoms with Crippen LogP contribution in [0, 0.1) is 0 Å². The molecule has 78 valence electrons. The molecule has 1 saturated heterocycles. The average Bonchev–Trinajstić information content (AvgIpc) is 2.88. The lowest BCUT2D eigenvalue weighted by Gasteiger charge is -2.17. The van der Waals surface area contributed by atoms with Crippen molar-refractivity contribution < 1.29 is 0 Å². The van der Waals surface area contributed by atoms with E-state index in [0.717, 1.165) is 5.52 Å². The third kappa shape index (κ3) is 1.39. The molecular weight excluding hydrogens is 186 g/mol. The lowest BCUT2D eigenvalue weighted by atomic mass is 10.2. The summed E-state index contributed by atoms with van der Waals surface area (Å²) < 4.78 is 2.08.